The van der Waals surface area contributed by atoms with Gasteiger partial charge < -0.3 is 5.11 Å². The van der Waals surface area contributed by atoms with Crippen LogP contribution in [-0.4, -0.2) is 11.2 Å². The molecule has 7 atom stereocenters. The highest BCUT2D eigenvalue weighted by Gasteiger charge is 2.58. The second kappa shape index (κ2) is 4.88. The lowest BCUT2D eigenvalue weighted by Crippen LogP contribution is -2.53. The standard InChI is InChI=1S/C21H30O/c1-4-14-6-8-18-17-7-5-15-13-16(22)9-11-21(15,3)19(17)10-12-20(14,18)2/h1,6,15-19,22H,5,7-13H2,2-3H3. The Bertz CT molecular complexity index is 541. The molecule has 7 unspecified atom stereocenters. The number of fused-ring (bicyclic) bond motifs is 5. The largest absolute Gasteiger partial charge is 0.393 e. The van der Waals surface area contributed by atoms with Crippen LogP contribution in [0.4, 0.5) is 0 Å². The van der Waals surface area contributed by atoms with Crippen molar-refractivity contribution in [2.75, 3.05) is 0 Å². The Morgan fingerprint density at radius 3 is 2.73 bits per heavy atom. The lowest BCUT2D eigenvalue weighted by atomic mass is 9.45. The van der Waals surface area contributed by atoms with E-state index in [-0.39, 0.29) is 11.5 Å². The van der Waals surface area contributed by atoms with Gasteiger partial charge in [-0.25, -0.2) is 0 Å². The molecule has 1 N–H and O–H groups in total. The number of aliphatic hydroxyl groups excluding tert-OH is 1. The van der Waals surface area contributed by atoms with Crippen molar-refractivity contribution in [1.29, 1.82) is 0 Å². The van der Waals surface area contributed by atoms with Crippen LogP contribution in [0.3, 0.4) is 0 Å². The maximum Gasteiger partial charge on any atom is 0.0543 e. The number of rotatable bonds is 0. The Balaban J connectivity index is 1.63. The molecular weight excluding hydrogens is 268 g/mol. The van der Waals surface area contributed by atoms with Gasteiger partial charge in [-0.15, -0.1) is 6.42 Å². The highest BCUT2D eigenvalue weighted by atomic mass is 16.3. The molecule has 4 aliphatic rings. The van der Waals surface area contributed by atoms with Crippen LogP contribution in [0.25, 0.3) is 0 Å². The average molecular weight is 298 g/mol. The van der Waals surface area contributed by atoms with Gasteiger partial charge in [-0.05, 0) is 80.5 Å². The van der Waals surface area contributed by atoms with Gasteiger partial charge in [0.05, 0.1) is 6.10 Å². The topological polar surface area (TPSA) is 20.2 Å². The molecular formula is C21H30O. The van der Waals surface area contributed by atoms with Crippen LogP contribution in [0.2, 0.25) is 0 Å². The van der Waals surface area contributed by atoms with Gasteiger partial charge in [-0.2, -0.15) is 0 Å². The van der Waals surface area contributed by atoms with Crippen molar-refractivity contribution in [3.05, 3.63) is 11.6 Å². The van der Waals surface area contributed by atoms with Crippen molar-refractivity contribution < 1.29 is 5.11 Å². The summed E-state index contributed by atoms with van der Waals surface area (Å²) in [6.07, 6.45) is 18.0. The monoisotopic (exact) mass is 298 g/mol. The van der Waals surface area contributed by atoms with E-state index in [0.717, 1.165) is 36.5 Å². The first-order valence-corrected chi connectivity index (χ1v) is 9.34. The zero-order valence-corrected chi connectivity index (χ0v) is 14.1. The first kappa shape index (κ1) is 14.8. The summed E-state index contributed by atoms with van der Waals surface area (Å²) in [4.78, 5) is 0. The highest BCUT2D eigenvalue weighted by Crippen LogP contribution is 2.66. The van der Waals surface area contributed by atoms with E-state index in [2.05, 4.69) is 25.8 Å². The van der Waals surface area contributed by atoms with Gasteiger partial charge in [0.1, 0.15) is 0 Å². The summed E-state index contributed by atoms with van der Waals surface area (Å²) >= 11 is 0. The summed E-state index contributed by atoms with van der Waals surface area (Å²) in [7, 11) is 0. The SMILES string of the molecule is C#CC1=CCC2C3CCC4CC(O)CCC4(C)C3CCC12C. The number of terminal acetylenes is 1. The van der Waals surface area contributed by atoms with Crippen LogP contribution < -0.4 is 0 Å². The predicted molar refractivity (Wildman–Crippen MR) is 90.0 cm³/mol. The van der Waals surface area contributed by atoms with Crippen LogP contribution in [0.15, 0.2) is 11.6 Å². The van der Waals surface area contributed by atoms with Crippen LogP contribution in [0.1, 0.15) is 65.2 Å². The van der Waals surface area contributed by atoms with Crippen molar-refractivity contribution in [1.82, 2.24) is 0 Å². The van der Waals surface area contributed by atoms with Crippen LogP contribution in [-0.2, 0) is 0 Å². The smallest absolute Gasteiger partial charge is 0.0543 e. The molecule has 0 heterocycles. The Morgan fingerprint density at radius 1 is 1.14 bits per heavy atom. The van der Waals surface area contributed by atoms with Gasteiger partial charge in [0.15, 0.2) is 0 Å². The lowest BCUT2D eigenvalue weighted by molar-refractivity contribution is -0.117. The molecule has 0 bridgehead atoms. The Labute approximate surface area is 135 Å². The molecule has 0 aromatic rings. The summed E-state index contributed by atoms with van der Waals surface area (Å²) in [5.41, 5.74) is 2.05. The van der Waals surface area contributed by atoms with E-state index in [4.69, 9.17) is 6.42 Å². The van der Waals surface area contributed by atoms with Gasteiger partial charge in [-0.3, -0.25) is 0 Å². The van der Waals surface area contributed by atoms with E-state index in [0.29, 0.717) is 5.41 Å². The third-order valence-corrected chi connectivity index (χ3v) is 8.37. The second-order valence-corrected chi connectivity index (χ2v) is 9.04. The number of aliphatic hydroxyl groups is 1. The lowest BCUT2D eigenvalue weighted by Gasteiger charge is -2.60. The molecule has 0 aromatic heterocycles. The molecule has 4 aliphatic carbocycles. The third kappa shape index (κ3) is 1.83. The van der Waals surface area contributed by atoms with Crippen molar-refractivity contribution >= 4 is 0 Å². The minimum atomic E-state index is -0.0373. The van der Waals surface area contributed by atoms with Crippen LogP contribution in [0.5, 0.6) is 0 Å². The van der Waals surface area contributed by atoms with Crippen LogP contribution >= 0.6 is 0 Å². The molecule has 0 spiro atoms. The fraction of sp³-hybridized carbons (Fsp3) is 0.810. The minimum Gasteiger partial charge on any atom is -0.393 e. The average Bonchev–Trinajstić information content (AvgIpc) is 2.84. The Morgan fingerprint density at radius 2 is 1.95 bits per heavy atom. The fourth-order valence-corrected chi connectivity index (χ4v) is 7.03. The highest BCUT2D eigenvalue weighted by molar-refractivity contribution is 5.38. The number of hydrogen-bond donors (Lipinski definition) is 1. The molecule has 1 heteroatoms. The molecule has 0 radical (unpaired) electrons. The predicted octanol–water partition coefficient (Wildman–Crippen LogP) is 4.56. The molecule has 22 heavy (non-hydrogen) atoms. The molecule has 0 aromatic carbocycles. The third-order valence-electron chi connectivity index (χ3n) is 8.37. The summed E-state index contributed by atoms with van der Waals surface area (Å²) in [6.45, 7) is 4.99. The van der Waals surface area contributed by atoms with E-state index in [9.17, 15) is 5.11 Å². The second-order valence-electron chi connectivity index (χ2n) is 9.04. The molecule has 120 valence electrons. The van der Waals surface area contributed by atoms with E-state index in [1.165, 1.54) is 44.1 Å². The quantitative estimate of drug-likeness (QED) is 0.650. The fourth-order valence-electron chi connectivity index (χ4n) is 7.03. The molecule has 1 nitrogen and oxygen atoms in total. The van der Waals surface area contributed by atoms with E-state index >= 15 is 0 Å². The van der Waals surface area contributed by atoms with Crippen LogP contribution in [0, 0.1) is 46.8 Å². The Hall–Kier alpha value is -0.740. The van der Waals surface area contributed by atoms with Gasteiger partial charge in [0.25, 0.3) is 0 Å². The zero-order valence-electron chi connectivity index (χ0n) is 14.1. The molecule has 3 fully saturated rings. The molecule has 0 aliphatic heterocycles. The molecule has 3 saturated carbocycles. The van der Waals surface area contributed by atoms with Crippen molar-refractivity contribution in [3.8, 4) is 12.3 Å². The number of allylic oxidation sites excluding steroid dienone is 2. The normalized spacial score (nSPS) is 53.7. The first-order chi connectivity index (χ1) is 10.5. The molecule has 0 amide bonds. The van der Waals surface area contributed by atoms with Gasteiger partial charge in [-0.1, -0.05) is 25.8 Å². The molecule has 0 saturated heterocycles. The first-order valence-electron chi connectivity index (χ1n) is 9.34. The summed E-state index contributed by atoms with van der Waals surface area (Å²) < 4.78 is 0. The van der Waals surface area contributed by atoms with Crippen molar-refractivity contribution in [2.45, 2.75) is 71.3 Å². The van der Waals surface area contributed by atoms with Crippen molar-refractivity contribution in [3.63, 3.8) is 0 Å². The molecule has 4 rings (SSSR count). The minimum absolute atomic E-state index is 0.0373. The summed E-state index contributed by atoms with van der Waals surface area (Å²) in [6, 6.07) is 0. The van der Waals surface area contributed by atoms with Gasteiger partial charge >= 0.3 is 0 Å². The summed E-state index contributed by atoms with van der Waals surface area (Å²) in [5, 5.41) is 10.1. The van der Waals surface area contributed by atoms with E-state index in [1.807, 2.05) is 0 Å². The maximum absolute atomic E-state index is 10.1. The Kier molecular flexibility index (Phi) is 3.29. The zero-order chi connectivity index (χ0) is 15.5. The van der Waals surface area contributed by atoms with Crippen molar-refractivity contribution in [2.24, 2.45) is 34.5 Å². The summed E-state index contributed by atoms with van der Waals surface area (Å²) in [5.74, 6) is 6.25. The van der Waals surface area contributed by atoms with Gasteiger partial charge in [0, 0.05) is 11.0 Å². The number of hydrogen-bond acceptors (Lipinski definition) is 1. The van der Waals surface area contributed by atoms with Gasteiger partial charge in [0.2, 0.25) is 0 Å². The van der Waals surface area contributed by atoms with E-state index < -0.39 is 0 Å². The maximum atomic E-state index is 10.1. The van der Waals surface area contributed by atoms with E-state index in [1.54, 1.807) is 0 Å².